The zero-order valence-corrected chi connectivity index (χ0v) is 10.4. The normalized spacial score (nSPS) is 10.8. The third-order valence-electron chi connectivity index (χ3n) is 2.95. The highest BCUT2D eigenvalue weighted by Gasteiger charge is 2.13. The van der Waals surface area contributed by atoms with E-state index in [9.17, 15) is 0 Å². The minimum atomic E-state index is 0.493. The highest BCUT2D eigenvalue weighted by molar-refractivity contribution is 5.62. The van der Waals surface area contributed by atoms with Crippen LogP contribution in [-0.2, 0) is 6.54 Å². The molecule has 2 heterocycles. The number of nitrogen functional groups attached to an aromatic ring is 1. The van der Waals surface area contributed by atoms with Crippen molar-refractivity contribution in [2.45, 2.75) is 33.7 Å². The van der Waals surface area contributed by atoms with Crippen LogP contribution < -0.4 is 5.73 Å². The molecule has 0 saturated carbocycles. The van der Waals surface area contributed by atoms with Crippen LogP contribution in [0.1, 0.15) is 24.5 Å². The third kappa shape index (κ3) is 2.00. The summed E-state index contributed by atoms with van der Waals surface area (Å²) in [6, 6.07) is 1.96. The van der Waals surface area contributed by atoms with Gasteiger partial charge in [-0.05, 0) is 37.5 Å². The minimum Gasteiger partial charge on any atom is -0.382 e. The van der Waals surface area contributed by atoms with Gasteiger partial charge in [0.15, 0.2) is 0 Å². The molecule has 17 heavy (non-hydrogen) atoms. The fourth-order valence-corrected chi connectivity index (χ4v) is 1.79. The first-order valence-corrected chi connectivity index (χ1v) is 5.76. The van der Waals surface area contributed by atoms with Crippen molar-refractivity contribution in [2.75, 3.05) is 5.73 Å². The van der Waals surface area contributed by atoms with Gasteiger partial charge >= 0.3 is 0 Å². The molecule has 5 heteroatoms. The highest BCUT2D eigenvalue weighted by Crippen LogP contribution is 2.24. The van der Waals surface area contributed by atoms with E-state index in [1.165, 1.54) is 0 Å². The average Bonchev–Trinajstić information content (AvgIpc) is 2.75. The van der Waals surface area contributed by atoms with E-state index < -0.39 is 0 Å². The van der Waals surface area contributed by atoms with Crippen LogP contribution in [0.25, 0.3) is 11.4 Å². The Labute approximate surface area is 101 Å². The molecular weight excluding hydrogens is 214 g/mol. The number of aromatic nitrogens is 4. The van der Waals surface area contributed by atoms with Gasteiger partial charge in [0, 0.05) is 12.7 Å². The van der Waals surface area contributed by atoms with E-state index in [2.05, 4.69) is 22.2 Å². The van der Waals surface area contributed by atoms with Crippen LogP contribution in [0.2, 0.25) is 0 Å². The topological polar surface area (TPSA) is 69.6 Å². The van der Waals surface area contributed by atoms with Crippen molar-refractivity contribution in [3.8, 4) is 11.4 Å². The number of nitrogens with zero attached hydrogens (tertiary/aromatic N) is 4. The van der Waals surface area contributed by atoms with Crippen LogP contribution >= 0.6 is 0 Å². The number of hydrogen-bond acceptors (Lipinski definition) is 4. The predicted octanol–water partition coefficient (Wildman–Crippen LogP) is 1.95. The van der Waals surface area contributed by atoms with E-state index in [0.29, 0.717) is 5.82 Å². The van der Waals surface area contributed by atoms with Gasteiger partial charge in [0.1, 0.15) is 11.5 Å². The van der Waals surface area contributed by atoms with E-state index in [0.717, 1.165) is 35.5 Å². The predicted molar refractivity (Wildman–Crippen MR) is 67.4 cm³/mol. The molecule has 0 aliphatic rings. The molecule has 0 aromatic carbocycles. The maximum absolute atomic E-state index is 5.74. The van der Waals surface area contributed by atoms with Crippen molar-refractivity contribution in [1.82, 2.24) is 20.0 Å². The van der Waals surface area contributed by atoms with Crippen molar-refractivity contribution >= 4 is 5.82 Å². The van der Waals surface area contributed by atoms with E-state index in [4.69, 9.17) is 5.73 Å². The molecule has 2 aromatic rings. The molecule has 90 valence electrons. The van der Waals surface area contributed by atoms with E-state index in [-0.39, 0.29) is 0 Å². The molecule has 2 rings (SSSR count). The van der Waals surface area contributed by atoms with Crippen molar-refractivity contribution in [1.29, 1.82) is 0 Å². The van der Waals surface area contributed by atoms with Crippen molar-refractivity contribution in [2.24, 2.45) is 0 Å². The van der Waals surface area contributed by atoms with Gasteiger partial charge < -0.3 is 5.73 Å². The van der Waals surface area contributed by atoms with Crippen LogP contribution in [-0.4, -0.2) is 20.0 Å². The van der Waals surface area contributed by atoms with Gasteiger partial charge in [0.05, 0.1) is 5.69 Å². The molecule has 0 amide bonds. The second-order valence-corrected chi connectivity index (χ2v) is 4.12. The maximum Gasteiger partial charge on any atom is 0.149 e. The molecule has 5 nitrogen and oxygen atoms in total. The first-order chi connectivity index (χ1) is 8.15. The van der Waals surface area contributed by atoms with Crippen LogP contribution in [0.5, 0.6) is 0 Å². The molecule has 0 radical (unpaired) electrons. The fraction of sp³-hybridized carbons (Fsp3) is 0.417. The average molecular weight is 231 g/mol. The van der Waals surface area contributed by atoms with Crippen molar-refractivity contribution < 1.29 is 0 Å². The summed E-state index contributed by atoms with van der Waals surface area (Å²) in [5, 5.41) is 12.5. The maximum atomic E-state index is 5.74. The summed E-state index contributed by atoms with van der Waals surface area (Å²) >= 11 is 0. The van der Waals surface area contributed by atoms with Gasteiger partial charge in [-0.25, -0.2) is 0 Å². The van der Waals surface area contributed by atoms with Gasteiger partial charge in [0.25, 0.3) is 0 Å². The zero-order valence-electron chi connectivity index (χ0n) is 10.4. The zero-order chi connectivity index (χ0) is 12.4. The third-order valence-corrected chi connectivity index (χ3v) is 2.95. The first kappa shape index (κ1) is 11.6. The fourth-order valence-electron chi connectivity index (χ4n) is 1.79. The monoisotopic (exact) mass is 231 g/mol. The molecule has 2 aromatic heterocycles. The number of anilines is 1. The summed E-state index contributed by atoms with van der Waals surface area (Å²) in [4.78, 5) is 0. The van der Waals surface area contributed by atoms with Gasteiger partial charge in [-0.2, -0.15) is 5.10 Å². The lowest BCUT2D eigenvalue weighted by atomic mass is 10.1. The lowest BCUT2D eigenvalue weighted by molar-refractivity contribution is 0.607. The number of nitrogens with two attached hydrogens (primary N) is 1. The van der Waals surface area contributed by atoms with Gasteiger partial charge in [-0.3, -0.25) is 4.68 Å². The molecule has 0 atom stereocenters. The molecule has 0 aliphatic heterocycles. The Kier molecular flexibility index (Phi) is 3.08. The molecule has 2 N–H and O–H groups in total. The smallest absolute Gasteiger partial charge is 0.149 e. The Morgan fingerprint density at radius 3 is 2.71 bits per heavy atom. The van der Waals surface area contributed by atoms with Gasteiger partial charge in [-0.15, -0.1) is 10.2 Å². The highest BCUT2D eigenvalue weighted by atomic mass is 15.3. The van der Waals surface area contributed by atoms with E-state index in [1.807, 2.05) is 24.6 Å². The van der Waals surface area contributed by atoms with E-state index in [1.54, 1.807) is 6.20 Å². The van der Waals surface area contributed by atoms with E-state index >= 15 is 0 Å². The summed E-state index contributed by atoms with van der Waals surface area (Å²) in [5.74, 6) is 0.493. The summed E-state index contributed by atoms with van der Waals surface area (Å²) in [5.41, 5.74) is 9.66. The summed E-state index contributed by atoms with van der Waals surface area (Å²) in [7, 11) is 0. The molecular formula is C12H17N5. The summed E-state index contributed by atoms with van der Waals surface area (Å²) in [6.45, 7) is 6.98. The Morgan fingerprint density at radius 2 is 2.00 bits per heavy atom. The van der Waals surface area contributed by atoms with Crippen LogP contribution in [0.3, 0.4) is 0 Å². The Hall–Kier alpha value is -1.91. The molecule has 0 spiro atoms. The Bertz CT molecular complexity index is 530. The second kappa shape index (κ2) is 4.53. The van der Waals surface area contributed by atoms with Gasteiger partial charge in [0.2, 0.25) is 0 Å². The standard InChI is InChI=1S/C12H17N5/c1-4-7-17-10(5-6-14-17)11-8(2)9(3)12(13)16-15-11/h5-6H,4,7H2,1-3H3,(H2,13,16). The second-order valence-electron chi connectivity index (χ2n) is 4.12. The minimum absolute atomic E-state index is 0.493. The van der Waals surface area contributed by atoms with Crippen LogP contribution in [0, 0.1) is 13.8 Å². The molecule has 0 aliphatic carbocycles. The Balaban J connectivity index is 2.53. The Morgan fingerprint density at radius 1 is 1.24 bits per heavy atom. The lowest BCUT2D eigenvalue weighted by Gasteiger charge is -2.10. The SMILES string of the molecule is CCCn1nccc1-c1nnc(N)c(C)c1C. The summed E-state index contributed by atoms with van der Waals surface area (Å²) in [6.07, 6.45) is 2.83. The quantitative estimate of drug-likeness (QED) is 0.876. The molecule has 0 saturated heterocycles. The molecule has 0 bridgehead atoms. The van der Waals surface area contributed by atoms with Crippen molar-refractivity contribution in [3.05, 3.63) is 23.4 Å². The molecule has 0 fully saturated rings. The first-order valence-electron chi connectivity index (χ1n) is 5.76. The number of rotatable bonds is 3. The number of aryl methyl sites for hydroxylation is 1. The van der Waals surface area contributed by atoms with Crippen molar-refractivity contribution in [3.63, 3.8) is 0 Å². The van der Waals surface area contributed by atoms with Gasteiger partial charge in [-0.1, -0.05) is 6.92 Å². The lowest BCUT2D eigenvalue weighted by Crippen LogP contribution is -2.06. The summed E-state index contributed by atoms with van der Waals surface area (Å²) < 4.78 is 1.95. The van der Waals surface area contributed by atoms with Crippen LogP contribution in [0.4, 0.5) is 5.82 Å². The molecule has 0 unspecified atom stereocenters. The van der Waals surface area contributed by atoms with Crippen LogP contribution in [0.15, 0.2) is 12.3 Å². The largest absolute Gasteiger partial charge is 0.382 e. The number of hydrogen-bond donors (Lipinski definition) is 1.